The summed E-state index contributed by atoms with van der Waals surface area (Å²) in [6.07, 6.45) is 1.54. The number of hydrogen-bond acceptors (Lipinski definition) is 7. The van der Waals surface area contributed by atoms with E-state index in [0.717, 1.165) is 5.69 Å². The molecule has 1 aliphatic heterocycles. The number of amides is 2. The second-order valence-corrected chi connectivity index (χ2v) is 7.28. The zero-order chi connectivity index (χ0) is 22.9. The minimum absolute atomic E-state index is 0.0446. The van der Waals surface area contributed by atoms with E-state index >= 15 is 0 Å². The summed E-state index contributed by atoms with van der Waals surface area (Å²) < 4.78 is 5.00. The second-order valence-electron chi connectivity index (χ2n) is 7.28. The molecule has 1 N–H and O–H groups in total. The topological polar surface area (TPSA) is 116 Å². The van der Waals surface area contributed by atoms with Crippen molar-refractivity contribution in [3.05, 3.63) is 59.9 Å². The van der Waals surface area contributed by atoms with E-state index in [1.165, 1.54) is 4.90 Å². The van der Waals surface area contributed by atoms with Crippen LogP contribution in [0, 0.1) is 11.3 Å². The number of piperazine rings is 1. The fourth-order valence-corrected chi connectivity index (χ4v) is 3.45. The van der Waals surface area contributed by atoms with Gasteiger partial charge in [-0.2, -0.15) is 5.26 Å². The molecule has 1 atom stereocenters. The number of hydrogen-bond donors (Lipinski definition) is 1. The number of nitriles is 1. The lowest BCUT2D eigenvalue weighted by atomic mass is 10.1. The van der Waals surface area contributed by atoms with Crippen LogP contribution < -0.4 is 10.2 Å². The van der Waals surface area contributed by atoms with Crippen LogP contribution in [0.3, 0.4) is 0 Å². The molecule has 1 unspecified atom stereocenters. The van der Waals surface area contributed by atoms with E-state index in [0.29, 0.717) is 24.3 Å². The smallest absolute Gasteiger partial charge is 0.308 e. The van der Waals surface area contributed by atoms with Gasteiger partial charge in [0, 0.05) is 25.0 Å². The Hall–Kier alpha value is -3.93. The molecule has 32 heavy (non-hydrogen) atoms. The Labute approximate surface area is 186 Å². The summed E-state index contributed by atoms with van der Waals surface area (Å²) in [6, 6.07) is 13.7. The standard InChI is InChI=1S/C23H25N5O4/c1-2-32-23(31)13-20(19-5-3-4-10-25-19)26-21(29)15-28-12-11-27(16-22(28)30)18-8-6-17(14-24)7-9-18/h3-10,20H,2,11-13,15-16H2,1H3,(H,26,29). The van der Waals surface area contributed by atoms with Gasteiger partial charge in [-0.3, -0.25) is 19.4 Å². The molecule has 0 saturated carbocycles. The number of esters is 1. The summed E-state index contributed by atoms with van der Waals surface area (Å²) in [7, 11) is 0. The number of pyridine rings is 1. The highest BCUT2D eigenvalue weighted by Gasteiger charge is 2.27. The first-order valence-electron chi connectivity index (χ1n) is 10.4. The maximum absolute atomic E-state index is 12.7. The van der Waals surface area contributed by atoms with Crippen molar-refractivity contribution in [2.24, 2.45) is 0 Å². The van der Waals surface area contributed by atoms with Gasteiger partial charge in [0.15, 0.2) is 0 Å². The third-order valence-electron chi connectivity index (χ3n) is 5.07. The minimum Gasteiger partial charge on any atom is -0.466 e. The molecular formula is C23H25N5O4. The zero-order valence-corrected chi connectivity index (χ0v) is 17.9. The number of carbonyl (C=O) groups excluding carboxylic acids is 3. The molecule has 2 aromatic rings. The molecule has 0 bridgehead atoms. The Morgan fingerprint density at radius 2 is 2.00 bits per heavy atom. The number of carbonyl (C=O) groups is 3. The highest BCUT2D eigenvalue weighted by Crippen LogP contribution is 2.18. The van der Waals surface area contributed by atoms with Crippen LogP contribution in [0.4, 0.5) is 5.69 Å². The molecule has 0 radical (unpaired) electrons. The lowest BCUT2D eigenvalue weighted by Crippen LogP contribution is -2.53. The first kappa shape index (κ1) is 22.7. The lowest BCUT2D eigenvalue weighted by Gasteiger charge is -2.35. The normalized spacial score (nSPS) is 14.4. The molecule has 166 valence electrons. The first-order chi connectivity index (χ1) is 15.5. The SMILES string of the molecule is CCOC(=O)CC(NC(=O)CN1CCN(c2ccc(C#N)cc2)CC1=O)c1ccccn1. The van der Waals surface area contributed by atoms with E-state index in [2.05, 4.69) is 16.4 Å². The predicted octanol–water partition coefficient (Wildman–Crippen LogP) is 1.41. The lowest BCUT2D eigenvalue weighted by molar-refractivity contribution is -0.144. The van der Waals surface area contributed by atoms with Crippen molar-refractivity contribution in [2.45, 2.75) is 19.4 Å². The summed E-state index contributed by atoms with van der Waals surface area (Å²) in [5, 5.41) is 11.7. The largest absolute Gasteiger partial charge is 0.466 e. The molecule has 2 heterocycles. The fraction of sp³-hybridized carbons (Fsp3) is 0.348. The quantitative estimate of drug-likeness (QED) is 0.623. The summed E-state index contributed by atoms with van der Waals surface area (Å²) >= 11 is 0. The second kappa shape index (κ2) is 10.9. The van der Waals surface area contributed by atoms with E-state index in [9.17, 15) is 14.4 Å². The van der Waals surface area contributed by atoms with Crippen molar-refractivity contribution in [2.75, 3.05) is 37.7 Å². The van der Waals surface area contributed by atoms with E-state index in [1.807, 2.05) is 4.90 Å². The maximum Gasteiger partial charge on any atom is 0.308 e. The third kappa shape index (κ3) is 6.04. The monoisotopic (exact) mass is 435 g/mol. The maximum atomic E-state index is 12.7. The minimum atomic E-state index is -0.641. The van der Waals surface area contributed by atoms with Gasteiger partial charge in [-0.1, -0.05) is 6.07 Å². The Kier molecular flexibility index (Phi) is 7.75. The van der Waals surface area contributed by atoms with Gasteiger partial charge in [-0.15, -0.1) is 0 Å². The number of nitrogens with one attached hydrogen (secondary N) is 1. The Bertz CT molecular complexity index is 988. The van der Waals surface area contributed by atoms with Crippen LogP contribution >= 0.6 is 0 Å². The van der Waals surface area contributed by atoms with Crippen LogP contribution in [-0.4, -0.2) is 60.5 Å². The van der Waals surface area contributed by atoms with Crippen molar-refractivity contribution >= 4 is 23.5 Å². The zero-order valence-electron chi connectivity index (χ0n) is 17.9. The molecule has 1 aromatic carbocycles. The summed E-state index contributed by atoms with van der Waals surface area (Å²) in [4.78, 5) is 44.9. The molecule has 9 heteroatoms. The molecule has 1 aromatic heterocycles. The average Bonchev–Trinajstić information content (AvgIpc) is 2.81. The third-order valence-corrected chi connectivity index (χ3v) is 5.07. The number of benzene rings is 1. The van der Waals surface area contributed by atoms with Crippen molar-refractivity contribution in [3.8, 4) is 6.07 Å². The highest BCUT2D eigenvalue weighted by atomic mass is 16.5. The van der Waals surface area contributed by atoms with Crippen molar-refractivity contribution in [3.63, 3.8) is 0 Å². The first-order valence-corrected chi connectivity index (χ1v) is 10.4. The van der Waals surface area contributed by atoms with Crippen LogP contribution in [0.2, 0.25) is 0 Å². The Morgan fingerprint density at radius 1 is 1.22 bits per heavy atom. The summed E-state index contributed by atoms with van der Waals surface area (Å²) in [6.45, 7) is 2.96. The van der Waals surface area contributed by atoms with E-state index in [-0.39, 0.29) is 37.9 Å². The molecule has 3 rings (SSSR count). The van der Waals surface area contributed by atoms with Crippen molar-refractivity contribution < 1.29 is 19.1 Å². The molecule has 0 spiro atoms. The van der Waals surface area contributed by atoms with Gasteiger partial charge in [-0.05, 0) is 43.3 Å². The van der Waals surface area contributed by atoms with Gasteiger partial charge < -0.3 is 19.9 Å². The summed E-state index contributed by atoms with van der Waals surface area (Å²) in [5.41, 5.74) is 1.96. The van der Waals surface area contributed by atoms with E-state index in [4.69, 9.17) is 10.00 Å². The van der Waals surface area contributed by atoms with Crippen LogP contribution in [-0.2, 0) is 19.1 Å². The number of aromatic nitrogens is 1. The number of rotatable bonds is 8. The van der Waals surface area contributed by atoms with Gasteiger partial charge in [0.25, 0.3) is 0 Å². The van der Waals surface area contributed by atoms with Gasteiger partial charge in [-0.25, -0.2) is 0 Å². The fourth-order valence-electron chi connectivity index (χ4n) is 3.45. The van der Waals surface area contributed by atoms with Crippen molar-refractivity contribution in [1.29, 1.82) is 5.26 Å². The van der Waals surface area contributed by atoms with E-state index in [1.54, 1.807) is 55.6 Å². The Balaban J connectivity index is 1.58. The van der Waals surface area contributed by atoms with E-state index < -0.39 is 12.0 Å². The molecule has 1 saturated heterocycles. The van der Waals surface area contributed by atoms with Crippen LogP contribution in [0.5, 0.6) is 0 Å². The molecule has 9 nitrogen and oxygen atoms in total. The molecule has 1 aliphatic rings. The predicted molar refractivity (Wildman–Crippen MR) is 116 cm³/mol. The van der Waals surface area contributed by atoms with Gasteiger partial charge in [0.2, 0.25) is 11.8 Å². The highest BCUT2D eigenvalue weighted by molar-refractivity contribution is 5.88. The van der Waals surface area contributed by atoms with Gasteiger partial charge in [0.05, 0.1) is 49.5 Å². The van der Waals surface area contributed by atoms with Crippen molar-refractivity contribution in [1.82, 2.24) is 15.2 Å². The van der Waals surface area contributed by atoms with Crippen LogP contribution in [0.1, 0.15) is 30.6 Å². The van der Waals surface area contributed by atoms with Gasteiger partial charge in [0.1, 0.15) is 0 Å². The number of anilines is 1. The molecule has 1 fully saturated rings. The molecular weight excluding hydrogens is 410 g/mol. The number of nitrogens with zero attached hydrogens (tertiary/aromatic N) is 4. The molecule has 0 aliphatic carbocycles. The van der Waals surface area contributed by atoms with Gasteiger partial charge >= 0.3 is 5.97 Å². The average molecular weight is 435 g/mol. The van der Waals surface area contributed by atoms with Crippen LogP contribution in [0.15, 0.2) is 48.7 Å². The summed E-state index contributed by atoms with van der Waals surface area (Å²) in [5.74, 6) is -0.976. The van der Waals surface area contributed by atoms with Crippen LogP contribution in [0.25, 0.3) is 0 Å². The molecule has 2 amide bonds. The Morgan fingerprint density at radius 3 is 2.62 bits per heavy atom. The number of ether oxygens (including phenoxy) is 1.